The first-order valence-corrected chi connectivity index (χ1v) is 8.40. The van der Waals surface area contributed by atoms with Gasteiger partial charge >= 0.3 is 0 Å². The molecule has 7 nitrogen and oxygen atoms in total. The SMILES string of the molecule is COc1nn(C)cc1C(=O)Nc1ccc(C(=O)Nc2ccc(Cl)cc2)cc1. The number of hydrogen-bond acceptors (Lipinski definition) is 4. The number of halogens is 1. The van der Waals surface area contributed by atoms with Crippen molar-refractivity contribution < 1.29 is 14.3 Å². The summed E-state index contributed by atoms with van der Waals surface area (Å²) in [5.41, 5.74) is 1.98. The van der Waals surface area contributed by atoms with Gasteiger partial charge < -0.3 is 15.4 Å². The number of ether oxygens (including phenoxy) is 1. The van der Waals surface area contributed by atoms with Crippen molar-refractivity contribution >= 4 is 34.8 Å². The Labute approximate surface area is 160 Å². The van der Waals surface area contributed by atoms with E-state index in [1.807, 2.05) is 0 Å². The highest BCUT2D eigenvalue weighted by Gasteiger charge is 2.16. The van der Waals surface area contributed by atoms with Crippen molar-refractivity contribution in [3.05, 3.63) is 70.9 Å². The summed E-state index contributed by atoms with van der Waals surface area (Å²) in [5.74, 6) is -0.364. The fourth-order valence-electron chi connectivity index (χ4n) is 2.41. The molecular formula is C19H17ClN4O3. The number of aromatic nitrogens is 2. The van der Waals surface area contributed by atoms with Crippen LogP contribution in [0, 0.1) is 0 Å². The van der Waals surface area contributed by atoms with E-state index in [4.69, 9.17) is 16.3 Å². The number of aryl methyl sites for hydroxylation is 1. The Morgan fingerprint density at radius 3 is 2.11 bits per heavy atom. The number of nitrogens with zero attached hydrogens (tertiary/aromatic N) is 2. The number of amides is 2. The highest BCUT2D eigenvalue weighted by Crippen LogP contribution is 2.19. The standard InChI is InChI=1S/C19H17ClN4O3/c1-24-11-16(19(23-24)27-2)18(26)22-14-7-3-12(4-8-14)17(25)21-15-9-5-13(20)6-10-15/h3-11H,1-2H3,(H,21,25)(H,22,26). The zero-order valence-corrected chi connectivity index (χ0v) is 15.4. The van der Waals surface area contributed by atoms with E-state index in [9.17, 15) is 9.59 Å². The lowest BCUT2D eigenvalue weighted by Crippen LogP contribution is -2.14. The zero-order chi connectivity index (χ0) is 19.4. The Morgan fingerprint density at radius 2 is 1.52 bits per heavy atom. The average Bonchev–Trinajstić information content (AvgIpc) is 3.05. The van der Waals surface area contributed by atoms with Crippen molar-refractivity contribution in [2.24, 2.45) is 7.05 Å². The predicted molar refractivity (Wildman–Crippen MR) is 104 cm³/mol. The third kappa shape index (κ3) is 4.45. The van der Waals surface area contributed by atoms with Gasteiger partial charge in [0.15, 0.2) is 0 Å². The summed E-state index contributed by atoms with van der Waals surface area (Å²) in [6, 6.07) is 13.4. The Balaban J connectivity index is 1.66. The Hall–Kier alpha value is -3.32. The lowest BCUT2D eigenvalue weighted by atomic mass is 10.2. The van der Waals surface area contributed by atoms with Crippen LogP contribution in [0.25, 0.3) is 0 Å². The molecule has 27 heavy (non-hydrogen) atoms. The minimum atomic E-state index is -0.349. The number of benzene rings is 2. The summed E-state index contributed by atoms with van der Waals surface area (Å²) in [6.45, 7) is 0. The maximum Gasteiger partial charge on any atom is 0.262 e. The lowest BCUT2D eigenvalue weighted by Gasteiger charge is -2.08. The second-order valence-corrected chi connectivity index (χ2v) is 6.15. The molecule has 2 amide bonds. The quantitative estimate of drug-likeness (QED) is 0.704. The number of nitrogens with one attached hydrogen (secondary N) is 2. The minimum absolute atomic E-state index is 0.244. The van der Waals surface area contributed by atoms with Gasteiger partial charge in [-0.1, -0.05) is 11.6 Å². The van der Waals surface area contributed by atoms with Crippen LogP contribution < -0.4 is 15.4 Å². The third-order valence-corrected chi connectivity index (χ3v) is 3.99. The molecule has 8 heteroatoms. The van der Waals surface area contributed by atoms with Crippen molar-refractivity contribution in [1.82, 2.24) is 9.78 Å². The molecule has 0 unspecified atom stereocenters. The molecule has 1 heterocycles. The van der Waals surface area contributed by atoms with Crippen LogP contribution in [0.15, 0.2) is 54.7 Å². The molecule has 0 aliphatic carbocycles. The molecule has 0 atom stereocenters. The number of carbonyl (C=O) groups is 2. The van der Waals surface area contributed by atoms with Gasteiger partial charge in [0.25, 0.3) is 11.8 Å². The van der Waals surface area contributed by atoms with Crippen LogP contribution in [0.1, 0.15) is 20.7 Å². The number of methoxy groups -OCH3 is 1. The highest BCUT2D eigenvalue weighted by atomic mass is 35.5. The van der Waals surface area contributed by atoms with Crippen molar-refractivity contribution in [1.29, 1.82) is 0 Å². The average molecular weight is 385 g/mol. The first-order chi connectivity index (χ1) is 13.0. The van der Waals surface area contributed by atoms with Crippen LogP contribution in [0.4, 0.5) is 11.4 Å². The molecule has 2 N–H and O–H groups in total. The topological polar surface area (TPSA) is 85.2 Å². The Bertz CT molecular complexity index is 966. The van der Waals surface area contributed by atoms with Crippen LogP contribution in [0.3, 0.4) is 0 Å². The van der Waals surface area contributed by atoms with E-state index in [0.717, 1.165) is 0 Å². The van der Waals surface area contributed by atoms with Gasteiger partial charge in [-0.3, -0.25) is 14.3 Å². The molecule has 0 fully saturated rings. The smallest absolute Gasteiger partial charge is 0.262 e. The number of carbonyl (C=O) groups excluding carboxylic acids is 2. The van der Waals surface area contributed by atoms with E-state index in [0.29, 0.717) is 27.5 Å². The molecule has 0 radical (unpaired) electrons. The number of hydrogen-bond donors (Lipinski definition) is 2. The van der Waals surface area contributed by atoms with E-state index in [1.54, 1.807) is 61.8 Å². The molecule has 0 bridgehead atoms. The van der Waals surface area contributed by atoms with Gasteiger partial charge in [0.05, 0.1) is 7.11 Å². The summed E-state index contributed by atoms with van der Waals surface area (Å²) in [4.78, 5) is 24.6. The fourth-order valence-corrected chi connectivity index (χ4v) is 2.54. The van der Waals surface area contributed by atoms with Gasteiger partial charge in [-0.05, 0) is 48.5 Å². The maximum absolute atomic E-state index is 12.4. The number of rotatable bonds is 5. The fraction of sp³-hybridized carbons (Fsp3) is 0.105. The molecule has 0 aliphatic rings. The minimum Gasteiger partial charge on any atom is -0.479 e. The molecule has 1 aromatic heterocycles. The van der Waals surface area contributed by atoms with E-state index in [-0.39, 0.29) is 17.7 Å². The summed E-state index contributed by atoms with van der Waals surface area (Å²) in [7, 11) is 3.15. The highest BCUT2D eigenvalue weighted by molar-refractivity contribution is 6.30. The Morgan fingerprint density at radius 1 is 0.963 bits per heavy atom. The largest absolute Gasteiger partial charge is 0.479 e. The molecule has 3 aromatic rings. The predicted octanol–water partition coefficient (Wildman–Crippen LogP) is 3.59. The van der Waals surface area contributed by atoms with Gasteiger partial charge in [-0.2, -0.15) is 0 Å². The second kappa shape index (κ2) is 7.92. The van der Waals surface area contributed by atoms with Gasteiger partial charge in [0.2, 0.25) is 5.88 Å². The molecule has 0 saturated carbocycles. The molecule has 2 aromatic carbocycles. The molecule has 0 spiro atoms. The van der Waals surface area contributed by atoms with E-state index < -0.39 is 0 Å². The van der Waals surface area contributed by atoms with Gasteiger partial charge in [0, 0.05) is 35.2 Å². The van der Waals surface area contributed by atoms with Crippen LogP contribution in [0.5, 0.6) is 5.88 Å². The van der Waals surface area contributed by atoms with Crippen molar-refractivity contribution in [3.8, 4) is 5.88 Å². The van der Waals surface area contributed by atoms with Crippen molar-refractivity contribution in [2.45, 2.75) is 0 Å². The van der Waals surface area contributed by atoms with Crippen molar-refractivity contribution in [3.63, 3.8) is 0 Å². The first-order valence-electron chi connectivity index (χ1n) is 8.02. The normalized spacial score (nSPS) is 10.3. The van der Waals surface area contributed by atoms with Crippen LogP contribution >= 0.6 is 11.6 Å². The van der Waals surface area contributed by atoms with Gasteiger partial charge in [-0.25, -0.2) is 0 Å². The molecule has 3 rings (SSSR count). The van der Waals surface area contributed by atoms with E-state index in [1.165, 1.54) is 11.8 Å². The van der Waals surface area contributed by atoms with Crippen LogP contribution in [-0.2, 0) is 7.05 Å². The summed E-state index contributed by atoms with van der Waals surface area (Å²) in [5, 5.41) is 10.2. The van der Waals surface area contributed by atoms with E-state index >= 15 is 0 Å². The summed E-state index contributed by atoms with van der Waals surface area (Å²) < 4.78 is 6.58. The maximum atomic E-state index is 12.4. The molecule has 138 valence electrons. The van der Waals surface area contributed by atoms with Gasteiger partial charge in [-0.15, -0.1) is 5.10 Å². The summed E-state index contributed by atoms with van der Waals surface area (Å²) >= 11 is 5.83. The Kier molecular flexibility index (Phi) is 5.42. The number of anilines is 2. The monoisotopic (exact) mass is 384 g/mol. The van der Waals surface area contributed by atoms with Crippen LogP contribution in [-0.4, -0.2) is 28.7 Å². The molecular weight excluding hydrogens is 368 g/mol. The first kappa shape index (κ1) is 18.5. The lowest BCUT2D eigenvalue weighted by molar-refractivity contribution is 0.101. The summed E-state index contributed by atoms with van der Waals surface area (Å²) in [6.07, 6.45) is 1.57. The van der Waals surface area contributed by atoms with Crippen LogP contribution in [0.2, 0.25) is 5.02 Å². The molecule has 0 saturated heterocycles. The molecule has 0 aliphatic heterocycles. The zero-order valence-electron chi connectivity index (χ0n) is 14.7. The van der Waals surface area contributed by atoms with E-state index in [2.05, 4.69) is 15.7 Å². The van der Waals surface area contributed by atoms with Crippen molar-refractivity contribution in [2.75, 3.05) is 17.7 Å². The third-order valence-electron chi connectivity index (χ3n) is 3.74. The second-order valence-electron chi connectivity index (χ2n) is 5.72. The van der Waals surface area contributed by atoms with Gasteiger partial charge in [0.1, 0.15) is 5.56 Å².